The third kappa shape index (κ3) is 3.25. The van der Waals surface area contributed by atoms with Crippen LogP contribution in [-0.4, -0.2) is 57.8 Å². The van der Waals surface area contributed by atoms with Crippen LogP contribution in [0.5, 0.6) is 0 Å². The van der Waals surface area contributed by atoms with E-state index >= 15 is 0 Å². The summed E-state index contributed by atoms with van der Waals surface area (Å²) in [5, 5.41) is 0. The number of amides is 1. The predicted molar refractivity (Wildman–Crippen MR) is 114 cm³/mol. The van der Waals surface area contributed by atoms with Crippen molar-refractivity contribution >= 4 is 17.4 Å². The number of imidazole rings is 1. The third-order valence-electron chi connectivity index (χ3n) is 5.94. The van der Waals surface area contributed by atoms with Gasteiger partial charge in [0.15, 0.2) is 5.82 Å². The second-order valence-electron chi connectivity index (χ2n) is 7.75. The van der Waals surface area contributed by atoms with Gasteiger partial charge in [-0.05, 0) is 37.1 Å². The van der Waals surface area contributed by atoms with Gasteiger partial charge in [0.2, 0.25) is 11.9 Å². The van der Waals surface area contributed by atoms with Gasteiger partial charge >= 0.3 is 0 Å². The average Bonchev–Trinajstić information content (AvgIpc) is 3.48. The van der Waals surface area contributed by atoms with Crippen LogP contribution in [-0.2, 0) is 9.53 Å². The van der Waals surface area contributed by atoms with Crippen LogP contribution in [0.2, 0.25) is 0 Å². The van der Waals surface area contributed by atoms with Crippen molar-refractivity contribution < 1.29 is 13.9 Å². The molecule has 1 aromatic carbocycles. The van der Waals surface area contributed by atoms with Gasteiger partial charge in [-0.2, -0.15) is 4.98 Å². The summed E-state index contributed by atoms with van der Waals surface area (Å²) in [6, 6.07) is 5.93. The summed E-state index contributed by atoms with van der Waals surface area (Å²) < 4.78 is 20.8. The molecule has 9 heteroatoms. The van der Waals surface area contributed by atoms with Gasteiger partial charge in [0.05, 0.1) is 18.8 Å². The highest BCUT2D eigenvalue weighted by atomic mass is 19.1. The summed E-state index contributed by atoms with van der Waals surface area (Å²) in [6.07, 6.45) is 6.63. The number of rotatable bonds is 4. The van der Waals surface area contributed by atoms with E-state index in [1.54, 1.807) is 47.2 Å². The van der Waals surface area contributed by atoms with Crippen LogP contribution in [0.1, 0.15) is 19.8 Å². The zero-order valence-corrected chi connectivity index (χ0v) is 17.4. The first-order valence-electron chi connectivity index (χ1n) is 10.4. The number of halogens is 1. The molecule has 2 aromatic heterocycles. The van der Waals surface area contributed by atoms with Crippen LogP contribution in [0, 0.1) is 5.82 Å². The molecule has 0 bridgehead atoms. The van der Waals surface area contributed by atoms with Crippen molar-refractivity contribution in [3.8, 4) is 17.3 Å². The van der Waals surface area contributed by atoms with Crippen molar-refractivity contribution in [2.45, 2.75) is 31.8 Å². The molecule has 0 N–H and O–H groups in total. The number of hydrogen-bond donors (Lipinski definition) is 0. The van der Waals surface area contributed by atoms with Gasteiger partial charge in [0.1, 0.15) is 23.4 Å². The zero-order chi connectivity index (χ0) is 21.5. The van der Waals surface area contributed by atoms with Gasteiger partial charge in [0, 0.05) is 31.6 Å². The Balaban J connectivity index is 1.62. The van der Waals surface area contributed by atoms with Crippen LogP contribution in [0.15, 0.2) is 42.9 Å². The standard InChI is InChI=1S/C22H23FN6O2/c1-3-17-21(30)27(2)18-12-25-22(26-20(18)29(17)16-8-11-31-13-16)28-10-9-24-19(28)14-4-6-15(23)7-5-14/h4-7,9-10,12,16-17H,3,8,11,13H2,1-2H3/t16-,17-/m1/s1. The van der Waals surface area contributed by atoms with Crippen molar-refractivity contribution in [3.05, 3.63) is 48.7 Å². The van der Waals surface area contributed by atoms with Crippen molar-refractivity contribution in [3.63, 3.8) is 0 Å². The van der Waals surface area contributed by atoms with E-state index in [4.69, 9.17) is 9.72 Å². The first kappa shape index (κ1) is 19.6. The number of hydrogen-bond acceptors (Lipinski definition) is 6. The van der Waals surface area contributed by atoms with Gasteiger partial charge in [-0.15, -0.1) is 0 Å². The van der Waals surface area contributed by atoms with Crippen molar-refractivity contribution in [2.75, 3.05) is 30.1 Å². The molecule has 0 unspecified atom stereocenters. The molecule has 2 atom stereocenters. The molecule has 0 radical (unpaired) electrons. The molecule has 0 saturated carbocycles. The molecule has 160 valence electrons. The Labute approximate surface area is 179 Å². The molecule has 8 nitrogen and oxygen atoms in total. The number of nitrogens with zero attached hydrogens (tertiary/aromatic N) is 6. The molecule has 0 spiro atoms. The highest BCUT2D eigenvalue weighted by molar-refractivity contribution is 6.04. The van der Waals surface area contributed by atoms with Crippen molar-refractivity contribution in [1.82, 2.24) is 19.5 Å². The second-order valence-corrected chi connectivity index (χ2v) is 7.75. The molecular weight excluding hydrogens is 399 g/mol. The van der Waals surface area contributed by atoms with Crippen LogP contribution in [0.3, 0.4) is 0 Å². The van der Waals surface area contributed by atoms with E-state index in [9.17, 15) is 9.18 Å². The fourth-order valence-corrected chi connectivity index (χ4v) is 4.33. The SMILES string of the molecule is CC[C@@H]1C(=O)N(C)c2cnc(-n3ccnc3-c3ccc(F)cc3)nc2N1[C@@H]1CCOC1. The smallest absolute Gasteiger partial charge is 0.249 e. The number of fused-ring (bicyclic) bond motifs is 1. The number of carbonyl (C=O) groups is 1. The van der Waals surface area contributed by atoms with Crippen LogP contribution < -0.4 is 9.80 Å². The van der Waals surface area contributed by atoms with E-state index in [0.29, 0.717) is 42.9 Å². The Kier molecular flexibility index (Phi) is 4.90. The average molecular weight is 422 g/mol. The number of ether oxygens (including phenoxy) is 1. The molecule has 2 aliphatic rings. The minimum absolute atomic E-state index is 0.0351. The summed E-state index contributed by atoms with van der Waals surface area (Å²) in [5.41, 5.74) is 1.43. The summed E-state index contributed by atoms with van der Waals surface area (Å²) in [7, 11) is 1.76. The second kappa shape index (κ2) is 7.73. The Bertz CT molecular complexity index is 1110. The number of carbonyl (C=O) groups excluding carboxylic acids is 1. The summed E-state index contributed by atoms with van der Waals surface area (Å²) in [6.45, 7) is 3.25. The van der Waals surface area contributed by atoms with E-state index in [-0.39, 0.29) is 23.8 Å². The topological polar surface area (TPSA) is 76.4 Å². The van der Waals surface area contributed by atoms with E-state index < -0.39 is 0 Å². The molecular formula is C22H23FN6O2. The summed E-state index contributed by atoms with van der Waals surface area (Å²) in [4.78, 5) is 30.6. The quantitative estimate of drug-likeness (QED) is 0.644. The maximum atomic E-state index is 13.4. The summed E-state index contributed by atoms with van der Waals surface area (Å²) >= 11 is 0. The maximum Gasteiger partial charge on any atom is 0.249 e. The number of aromatic nitrogens is 4. The van der Waals surface area contributed by atoms with Gasteiger partial charge < -0.3 is 14.5 Å². The first-order valence-corrected chi connectivity index (χ1v) is 10.4. The molecule has 31 heavy (non-hydrogen) atoms. The van der Waals surface area contributed by atoms with Gasteiger partial charge in [-0.3, -0.25) is 9.36 Å². The minimum Gasteiger partial charge on any atom is -0.379 e. The lowest BCUT2D eigenvalue weighted by atomic mass is 10.0. The molecule has 2 aliphatic heterocycles. The van der Waals surface area contributed by atoms with Gasteiger partial charge in [-0.1, -0.05) is 6.92 Å². The van der Waals surface area contributed by atoms with E-state index in [1.807, 2.05) is 6.92 Å². The molecule has 3 aromatic rings. The van der Waals surface area contributed by atoms with Gasteiger partial charge in [-0.25, -0.2) is 14.4 Å². The highest BCUT2D eigenvalue weighted by Crippen LogP contribution is 2.37. The van der Waals surface area contributed by atoms with E-state index in [1.165, 1.54) is 12.1 Å². The maximum absolute atomic E-state index is 13.4. The predicted octanol–water partition coefficient (Wildman–Crippen LogP) is 2.82. The largest absolute Gasteiger partial charge is 0.379 e. The lowest BCUT2D eigenvalue weighted by molar-refractivity contribution is -0.120. The number of anilines is 2. The molecule has 1 saturated heterocycles. The Hall–Kier alpha value is -3.33. The molecule has 4 heterocycles. The summed E-state index contributed by atoms with van der Waals surface area (Å²) in [5.74, 6) is 1.50. The fourth-order valence-electron chi connectivity index (χ4n) is 4.33. The monoisotopic (exact) mass is 422 g/mol. The minimum atomic E-state index is -0.306. The highest BCUT2D eigenvalue weighted by Gasteiger charge is 2.41. The number of benzene rings is 1. The zero-order valence-electron chi connectivity index (χ0n) is 17.4. The normalized spacial score (nSPS) is 20.9. The lowest BCUT2D eigenvalue weighted by Gasteiger charge is -2.43. The molecule has 0 aliphatic carbocycles. The van der Waals surface area contributed by atoms with E-state index in [0.717, 1.165) is 12.0 Å². The molecule has 5 rings (SSSR count). The van der Waals surface area contributed by atoms with Crippen molar-refractivity contribution in [1.29, 1.82) is 0 Å². The van der Waals surface area contributed by atoms with E-state index in [2.05, 4.69) is 14.9 Å². The van der Waals surface area contributed by atoms with Crippen LogP contribution >= 0.6 is 0 Å². The Morgan fingerprint density at radius 3 is 2.74 bits per heavy atom. The Morgan fingerprint density at radius 2 is 2.03 bits per heavy atom. The number of likely N-dealkylation sites (N-methyl/N-ethyl adjacent to an activating group) is 1. The molecule has 1 fully saturated rings. The Morgan fingerprint density at radius 1 is 1.23 bits per heavy atom. The van der Waals surface area contributed by atoms with Gasteiger partial charge in [0.25, 0.3) is 0 Å². The fraction of sp³-hybridized carbons (Fsp3) is 0.364. The van der Waals surface area contributed by atoms with Crippen molar-refractivity contribution in [2.24, 2.45) is 0 Å². The third-order valence-corrected chi connectivity index (χ3v) is 5.94. The molecule has 1 amide bonds. The van der Waals surface area contributed by atoms with Crippen LogP contribution in [0.25, 0.3) is 17.3 Å². The first-order chi connectivity index (χ1) is 15.1. The van der Waals surface area contributed by atoms with Crippen LogP contribution in [0.4, 0.5) is 15.9 Å². The lowest BCUT2D eigenvalue weighted by Crippen LogP contribution is -2.56.